The number of likely N-dealkylation sites (tertiary alicyclic amines) is 1. The molecule has 1 fully saturated rings. The Labute approximate surface area is 123 Å². The van der Waals surface area contributed by atoms with Crippen LogP contribution in [0.4, 0.5) is 10.1 Å². The number of halogens is 1. The Bertz CT molecular complexity index is 473. The first-order chi connectivity index (χ1) is 9.58. The summed E-state index contributed by atoms with van der Waals surface area (Å²) in [4.78, 5) is 15.1. The molecule has 1 amide bonds. The molecule has 0 bridgehead atoms. The molecule has 0 aliphatic carbocycles. The fourth-order valence-corrected chi connectivity index (χ4v) is 3.36. The second-order valence-electron chi connectivity index (χ2n) is 5.18. The molecule has 0 saturated carbocycles. The first kappa shape index (κ1) is 15.2. The van der Waals surface area contributed by atoms with Crippen LogP contribution in [0.15, 0.2) is 23.1 Å². The van der Waals surface area contributed by atoms with E-state index in [-0.39, 0.29) is 16.8 Å². The summed E-state index contributed by atoms with van der Waals surface area (Å²) in [7, 11) is 0. The highest BCUT2D eigenvalue weighted by Crippen LogP contribution is 2.27. The van der Waals surface area contributed by atoms with E-state index in [1.807, 2.05) is 11.8 Å². The summed E-state index contributed by atoms with van der Waals surface area (Å²) in [5.74, 6) is -0.279. The topological polar surface area (TPSA) is 46.3 Å². The molecule has 1 saturated heterocycles. The van der Waals surface area contributed by atoms with Crippen LogP contribution in [0.3, 0.4) is 0 Å². The maximum absolute atomic E-state index is 13.4. The van der Waals surface area contributed by atoms with Crippen LogP contribution >= 0.6 is 11.8 Å². The molecule has 1 aliphatic rings. The molecule has 5 heteroatoms. The molecule has 0 aromatic heterocycles. The lowest BCUT2D eigenvalue weighted by Gasteiger charge is -2.23. The van der Waals surface area contributed by atoms with Gasteiger partial charge in [-0.3, -0.25) is 4.79 Å². The number of anilines is 1. The molecule has 0 spiro atoms. The monoisotopic (exact) mass is 296 g/mol. The standard InChI is InChI=1S/C15H21FN2OS/c1-11(15(19)18-8-4-2-3-5-9-18)20-12-6-7-14(17)13(16)10-12/h6-7,10-11H,2-5,8-9,17H2,1H3. The number of rotatable bonds is 3. The molecule has 1 heterocycles. The number of hydrogen-bond acceptors (Lipinski definition) is 3. The molecule has 20 heavy (non-hydrogen) atoms. The van der Waals surface area contributed by atoms with Gasteiger partial charge >= 0.3 is 0 Å². The summed E-state index contributed by atoms with van der Waals surface area (Å²) < 4.78 is 13.4. The van der Waals surface area contributed by atoms with E-state index in [1.165, 1.54) is 30.7 Å². The Hall–Kier alpha value is -1.23. The fourth-order valence-electron chi connectivity index (χ4n) is 2.38. The van der Waals surface area contributed by atoms with Gasteiger partial charge in [0, 0.05) is 18.0 Å². The minimum absolute atomic E-state index is 0.140. The minimum Gasteiger partial charge on any atom is -0.396 e. The van der Waals surface area contributed by atoms with Crippen molar-refractivity contribution in [2.45, 2.75) is 42.8 Å². The number of thioether (sulfide) groups is 1. The van der Waals surface area contributed by atoms with Gasteiger partial charge in [0.15, 0.2) is 0 Å². The third-order valence-corrected chi connectivity index (χ3v) is 4.63. The van der Waals surface area contributed by atoms with Crippen LogP contribution in [0.25, 0.3) is 0 Å². The smallest absolute Gasteiger partial charge is 0.235 e. The van der Waals surface area contributed by atoms with Gasteiger partial charge in [-0.05, 0) is 38.0 Å². The Morgan fingerprint density at radius 2 is 1.95 bits per heavy atom. The summed E-state index contributed by atoms with van der Waals surface area (Å²) in [6, 6.07) is 4.70. The average Bonchev–Trinajstić information content (AvgIpc) is 2.71. The minimum atomic E-state index is -0.426. The van der Waals surface area contributed by atoms with Crippen LogP contribution in [0.1, 0.15) is 32.6 Å². The molecule has 1 unspecified atom stereocenters. The van der Waals surface area contributed by atoms with Crippen LogP contribution in [-0.4, -0.2) is 29.1 Å². The number of nitrogens with zero attached hydrogens (tertiary/aromatic N) is 1. The lowest BCUT2D eigenvalue weighted by Crippen LogP contribution is -2.37. The average molecular weight is 296 g/mol. The summed E-state index contributed by atoms with van der Waals surface area (Å²) in [5.41, 5.74) is 5.59. The molecule has 3 nitrogen and oxygen atoms in total. The Morgan fingerprint density at radius 3 is 2.55 bits per heavy atom. The van der Waals surface area contributed by atoms with E-state index in [4.69, 9.17) is 5.73 Å². The molecule has 2 N–H and O–H groups in total. The quantitative estimate of drug-likeness (QED) is 0.687. The fraction of sp³-hybridized carbons (Fsp3) is 0.533. The SMILES string of the molecule is CC(Sc1ccc(N)c(F)c1)C(=O)N1CCCCCC1. The lowest BCUT2D eigenvalue weighted by molar-refractivity contribution is -0.130. The molecule has 110 valence electrons. The van der Waals surface area contributed by atoms with Gasteiger partial charge in [0.05, 0.1) is 10.9 Å². The van der Waals surface area contributed by atoms with Crippen molar-refractivity contribution in [2.75, 3.05) is 18.8 Å². The maximum atomic E-state index is 13.4. The zero-order chi connectivity index (χ0) is 14.5. The summed E-state index contributed by atoms with van der Waals surface area (Å²) >= 11 is 1.39. The van der Waals surface area contributed by atoms with Gasteiger partial charge in [-0.25, -0.2) is 4.39 Å². The van der Waals surface area contributed by atoms with E-state index in [1.54, 1.807) is 12.1 Å². The number of amides is 1. The van der Waals surface area contributed by atoms with Gasteiger partial charge in [0.25, 0.3) is 0 Å². The van der Waals surface area contributed by atoms with Gasteiger partial charge < -0.3 is 10.6 Å². The molecule has 1 aromatic carbocycles. The predicted octanol–water partition coefficient (Wildman–Crippen LogP) is 3.29. The molecule has 1 aliphatic heterocycles. The van der Waals surface area contributed by atoms with Gasteiger partial charge in [-0.1, -0.05) is 12.8 Å². The van der Waals surface area contributed by atoms with E-state index in [2.05, 4.69) is 0 Å². The molecule has 1 atom stereocenters. The van der Waals surface area contributed by atoms with Gasteiger partial charge in [-0.2, -0.15) is 0 Å². The van der Waals surface area contributed by atoms with Crippen molar-refractivity contribution >= 4 is 23.4 Å². The highest BCUT2D eigenvalue weighted by atomic mass is 32.2. The van der Waals surface area contributed by atoms with Crippen molar-refractivity contribution in [1.82, 2.24) is 4.90 Å². The van der Waals surface area contributed by atoms with Crippen molar-refractivity contribution < 1.29 is 9.18 Å². The third-order valence-electron chi connectivity index (χ3n) is 3.55. The molecular weight excluding hydrogens is 275 g/mol. The second kappa shape index (κ2) is 6.97. The Balaban J connectivity index is 1.97. The van der Waals surface area contributed by atoms with E-state index in [9.17, 15) is 9.18 Å². The first-order valence-corrected chi connectivity index (χ1v) is 7.96. The number of hydrogen-bond donors (Lipinski definition) is 1. The van der Waals surface area contributed by atoms with Gasteiger partial charge in [-0.15, -0.1) is 11.8 Å². The third kappa shape index (κ3) is 3.88. The lowest BCUT2D eigenvalue weighted by atomic mass is 10.2. The second-order valence-corrected chi connectivity index (χ2v) is 6.60. The number of nitrogen functional groups attached to an aromatic ring is 1. The van der Waals surface area contributed by atoms with Crippen molar-refractivity contribution in [3.8, 4) is 0 Å². The summed E-state index contributed by atoms with van der Waals surface area (Å²) in [6.45, 7) is 3.58. The highest BCUT2D eigenvalue weighted by molar-refractivity contribution is 8.00. The van der Waals surface area contributed by atoms with Crippen LogP contribution < -0.4 is 5.73 Å². The largest absolute Gasteiger partial charge is 0.396 e. The zero-order valence-electron chi connectivity index (χ0n) is 11.8. The van der Waals surface area contributed by atoms with Gasteiger partial charge in [0.2, 0.25) is 5.91 Å². The van der Waals surface area contributed by atoms with E-state index in [0.29, 0.717) is 0 Å². The number of carbonyl (C=O) groups is 1. The van der Waals surface area contributed by atoms with E-state index in [0.717, 1.165) is 30.8 Å². The zero-order valence-corrected chi connectivity index (χ0v) is 12.6. The van der Waals surface area contributed by atoms with Crippen LogP contribution in [0, 0.1) is 5.82 Å². The number of nitrogens with two attached hydrogens (primary N) is 1. The molecular formula is C15H21FN2OS. The molecule has 2 rings (SSSR count). The predicted molar refractivity (Wildman–Crippen MR) is 81.2 cm³/mol. The number of benzene rings is 1. The van der Waals surface area contributed by atoms with Crippen molar-refractivity contribution in [2.24, 2.45) is 0 Å². The summed E-state index contributed by atoms with van der Waals surface area (Å²) in [5, 5.41) is -0.198. The van der Waals surface area contributed by atoms with Crippen LogP contribution in [0.2, 0.25) is 0 Å². The first-order valence-electron chi connectivity index (χ1n) is 7.08. The Morgan fingerprint density at radius 1 is 1.30 bits per heavy atom. The van der Waals surface area contributed by atoms with Crippen LogP contribution in [-0.2, 0) is 4.79 Å². The van der Waals surface area contributed by atoms with Crippen LogP contribution in [0.5, 0.6) is 0 Å². The van der Waals surface area contributed by atoms with Crippen molar-refractivity contribution in [3.05, 3.63) is 24.0 Å². The normalized spacial score (nSPS) is 17.6. The maximum Gasteiger partial charge on any atom is 0.235 e. The van der Waals surface area contributed by atoms with Crippen molar-refractivity contribution in [1.29, 1.82) is 0 Å². The Kier molecular flexibility index (Phi) is 5.29. The van der Waals surface area contributed by atoms with E-state index >= 15 is 0 Å². The summed E-state index contributed by atoms with van der Waals surface area (Å²) in [6.07, 6.45) is 4.57. The van der Waals surface area contributed by atoms with Gasteiger partial charge in [0.1, 0.15) is 5.82 Å². The molecule has 0 radical (unpaired) electrons. The molecule has 1 aromatic rings. The van der Waals surface area contributed by atoms with E-state index < -0.39 is 5.82 Å². The van der Waals surface area contributed by atoms with Crippen molar-refractivity contribution in [3.63, 3.8) is 0 Å². The highest BCUT2D eigenvalue weighted by Gasteiger charge is 2.22. The number of carbonyl (C=O) groups excluding carboxylic acids is 1.